The van der Waals surface area contributed by atoms with E-state index in [0.29, 0.717) is 30.3 Å². The summed E-state index contributed by atoms with van der Waals surface area (Å²) in [5.41, 5.74) is 2.94. The highest BCUT2D eigenvalue weighted by Gasteiger charge is 2.28. The summed E-state index contributed by atoms with van der Waals surface area (Å²) in [5.74, 6) is 1.39. The van der Waals surface area contributed by atoms with Crippen molar-refractivity contribution in [2.45, 2.75) is 38.6 Å². The van der Waals surface area contributed by atoms with Crippen LogP contribution in [0.25, 0.3) is 22.2 Å². The average Bonchev–Trinajstić information content (AvgIpc) is 3.02. The molecule has 3 heterocycles. The van der Waals surface area contributed by atoms with Crippen molar-refractivity contribution in [2.75, 3.05) is 51.2 Å². The molecule has 0 radical (unpaired) electrons. The van der Waals surface area contributed by atoms with E-state index in [2.05, 4.69) is 22.2 Å². The first-order valence-electron chi connectivity index (χ1n) is 14.8. The molecule has 1 aliphatic carbocycles. The summed E-state index contributed by atoms with van der Waals surface area (Å²) < 4.78 is 0. The van der Waals surface area contributed by atoms with Gasteiger partial charge in [-0.15, -0.1) is 0 Å². The third-order valence-electron chi connectivity index (χ3n) is 8.70. The standard InChI is InChI=1S/C32H39N7O3/c1-22(18-33)39(32(41)42)21-24-9-7-23(8-10-24)19-35-31(40)27-17-29(36-28-6-4-3-5-26(27)28)25-11-12-30(34-20-25)38-15-13-37(2)14-16-38/h3-6,11-12,17,20,22-24H,7-10,13-16,19,21H2,1-2H3,(H,35,40)(H,41,42)/t22?,23-,24-. The number of hydrogen-bond acceptors (Lipinski definition) is 7. The van der Waals surface area contributed by atoms with Crippen LogP contribution in [0.4, 0.5) is 10.6 Å². The van der Waals surface area contributed by atoms with Gasteiger partial charge in [0, 0.05) is 56.4 Å². The molecule has 10 nitrogen and oxygen atoms in total. The highest BCUT2D eigenvalue weighted by molar-refractivity contribution is 6.07. The van der Waals surface area contributed by atoms with Crippen molar-refractivity contribution in [2.24, 2.45) is 11.8 Å². The number of piperazine rings is 1. The smallest absolute Gasteiger partial charge is 0.408 e. The van der Waals surface area contributed by atoms with Gasteiger partial charge in [-0.05, 0) is 75.8 Å². The molecule has 1 atom stereocenters. The molecule has 1 unspecified atom stereocenters. The lowest BCUT2D eigenvalue weighted by molar-refractivity contribution is 0.0935. The molecule has 1 aliphatic heterocycles. The first-order valence-corrected chi connectivity index (χ1v) is 14.8. The monoisotopic (exact) mass is 569 g/mol. The van der Waals surface area contributed by atoms with Crippen molar-refractivity contribution < 1.29 is 14.7 Å². The lowest BCUT2D eigenvalue weighted by Gasteiger charge is -2.33. The Labute approximate surface area is 247 Å². The molecule has 42 heavy (non-hydrogen) atoms. The van der Waals surface area contributed by atoms with Crippen molar-refractivity contribution in [3.63, 3.8) is 0 Å². The maximum atomic E-state index is 13.5. The van der Waals surface area contributed by atoms with Crippen LogP contribution in [0.1, 0.15) is 43.0 Å². The van der Waals surface area contributed by atoms with Crippen LogP contribution in [-0.4, -0.2) is 89.2 Å². The highest BCUT2D eigenvalue weighted by Crippen LogP contribution is 2.30. The highest BCUT2D eigenvalue weighted by atomic mass is 16.4. The number of nitriles is 1. The molecule has 1 saturated carbocycles. The third-order valence-corrected chi connectivity index (χ3v) is 8.70. The molecule has 2 fully saturated rings. The van der Waals surface area contributed by atoms with Crippen molar-refractivity contribution in [3.8, 4) is 17.3 Å². The van der Waals surface area contributed by atoms with E-state index in [1.807, 2.05) is 54.7 Å². The average molecular weight is 570 g/mol. The Morgan fingerprint density at radius 2 is 1.81 bits per heavy atom. The van der Waals surface area contributed by atoms with E-state index in [4.69, 9.17) is 15.2 Å². The van der Waals surface area contributed by atoms with Crippen molar-refractivity contribution in [3.05, 3.63) is 54.2 Å². The van der Waals surface area contributed by atoms with Gasteiger partial charge >= 0.3 is 6.09 Å². The number of amides is 2. The largest absolute Gasteiger partial charge is 0.465 e. The van der Waals surface area contributed by atoms with Gasteiger partial charge in [0.25, 0.3) is 5.91 Å². The van der Waals surface area contributed by atoms with Gasteiger partial charge in [-0.25, -0.2) is 14.8 Å². The number of rotatable bonds is 8. The van der Waals surface area contributed by atoms with Crippen LogP contribution in [-0.2, 0) is 0 Å². The summed E-state index contributed by atoms with van der Waals surface area (Å²) in [6.45, 7) is 6.48. The second-order valence-corrected chi connectivity index (χ2v) is 11.6. The van der Waals surface area contributed by atoms with E-state index in [1.54, 1.807) is 6.92 Å². The first kappa shape index (κ1) is 29.3. The number of aromatic nitrogens is 2. The van der Waals surface area contributed by atoms with Gasteiger partial charge in [-0.1, -0.05) is 18.2 Å². The van der Waals surface area contributed by atoms with E-state index in [9.17, 15) is 14.7 Å². The summed E-state index contributed by atoms with van der Waals surface area (Å²) in [7, 11) is 2.13. The SMILES string of the molecule is CC(C#N)N(C[C@H]1CC[C@H](CNC(=O)c2cc(-c3ccc(N4CCN(C)CC4)nc3)nc3ccccc23)CC1)C(=O)O. The fraction of sp³-hybridized carbons (Fsp3) is 0.469. The van der Waals surface area contributed by atoms with Crippen molar-refractivity contribution in [1.82, 2.24) is 25.1 Å². The molecule has 2 aliphatic rings. The van der Waals surface area contributed by atoms with Gasteiger partial charge in [0.15, 0.2) is 0 Å². The molecule has 2 N–H and O–H groups in total. The Morgan fingerprint density at radius 3 is 2.48 bits per heavy atom. The number of nitrogens with zero attached hydrogens (tertiary/aromatic N) is 6. The minimum absolute atomic E-state index is 0.126. The maximum absolute atomic E-state index is 13.5. The lowest BCUT2D eigenvalue weighted by atomic mass is 9.81. The predicted octanol–water partition coefficient (Wildman–Crippen LogP) is 4.48. The molecule has 1 saturated heterocycles. The molecular weight excluding hydrogens is 530 g/mol. The molecule has 0 spiro atoms. The van der Waals surface area contributed by atoms with E-state index >= 15 is 0 Å². The van der Waals surface area contributed by atoms with Crippen LogP contribution >= 0.6 is 0 Å². The first-order chi connectivity index (χ1) is 20.3. The number of hydrogen-bond donors (Lipinski definition) is 2. The normalized spacial score (nSPS) is 20.1. The third kappa shape index (κ3) is 6.80. The summed E-state index contributed by atoms with van der Waals surface area (Å²) >= 11 is 0. The van der Waals surface area contributed by atoms with Crippen LogP contribution in [0.5, 0.6) is 0 Å². The Bertz CT molecular complexity index is 1440. The van der Waals surface area contributed by atoms with Gasteiger partial charge in [0.1, 0.15) is 11.9 Å². The van der Waals surface area contributed by atoms with E-state index < -0.39 is 12.1 Å². The van der Waals surface area contributed by atoms with Crippen molar-refractivity contribution in [1.29, 1.82) is 5.26 Å². The topological polar surface area (TPSA) is 126 Å². The Morgan fingerprint density at radius 1 is 1.10 bits per heavy atom. The number of benzene rings is 1. The molecule has 0 bridgehead atoms. The maximum Gasteiger partial charge on any atom is 0.408 e. The van der Waals surface area contributed by atoms with Gasteiger partial charge in [-0.2, -0.15) is 5.26 Å². The van der Waals surface area contributed by atoms with Gasteiger partial charge < -0.3 is 20.2 Å². The molecule has 2 amide bonds. The summed E-state index contributed by atoms with van der Waals surface area (Å²) in [5, 5.41) is 22.6. The second kappa shape index (κ2) is 13.2. The fourth-order valence-corrected chi connectivity index (χ4v) is 5.97. The van der Waals surface area contributed by atoms with Crippen LogP contribution in [0.3, 0.4) is 0 Å². The van der Waals surface area contributed by atoms with Crippen LogP contribution in [0.15, 0.2) is 48.7 Å². The van der Waals surface area contributed by atoms with E-state index in [0.717, 1.165) is 74.1 Å². The number of carboxylic acid groups (broad SMARTS) is 1. The quantitative estimate of drug-likeness (QED) is 0.407. The van der Waals surface area contributed by atoms with Crippen molar-refractivity contribution >= 4 is 28.7 Å². The summed E-state index contributed by atoms with van der Waals surface area (Å²) in [4.78, 5) is 40.5. The molecule has 5 rings (SSSR count). The number of likely N-dealkylation sites (N-methyl/N-ethyl adjacent to an activating group) is 1. The number of para-hydroxylation sites is 1. The number of nitrogens with one attached hydrogen (secondary N) is 1. The molecule has 2 aromatic heterocycles. The van der Waals surface area contributed by atoms with Gasteiger partial charge in [0.05, 0.1) is 22.8 Å². The Balaban J connectivity index is 1.23. The summed E-state index contributed by atoms with van der Waals surface area (Å²) in [6, 6.07) is 15.0. The number of carbonyl (C=O) groups is 2. The van der Waals surface area contributed by atoms with E-state index in [1.165, 1.54) is 4.90 Å². The molecule has 10 heteroatoms. The molecule has 220 valence electrons. The number of anilines is 1. The molecule has 1 aromatic carbocycles. The van der Waals surface area contributed by atoms with Gasteiger partial charge in [-0.3, -0.25) is 9.69 Å². The minimum Gasteiger partial charge on any atom is -0.465 e. The van der Waals surface area contributed by atoms with Crippen LogP contribution in [0, 0.1) is 23.2 Å². The van der Waals surface area contributed by atoms with Gasteiger partial charge in [0.2, 0.25) is 0 Å². The molecule has 3 aromatic rings. The predicted molar refractivity (Wildman–Crippen MR) is 162 cm³/mol. The zero-order valence-corrected chi connectivity index (χ0v) is 24.4. The van der Waals surface area contributed by atoms with E-state index in [-0.39, 0.29) is 11.8 Å². The number of carbonyl (C=O) groups excluding carboxylic acids is 1. The molecular formula is C32H39N7O3. The summed E-state index contributed by atoms with van der Waals surface area (Å²) in [6.07, 6.45) is 4.36. The van der Waals surface area contributed by atoms with Crippen LogP contribution in [0.2, 0.25) is 0 Å². The van der Waals surface area contributed by atoms with Crippen LogP contribution < -0.4 is 10.2 Å². The fourth-order valence-electron chi connectivity index (χ4n) is 5.97. The number of fused-ring (bicyclic) bond motifs is 1. The Hall–Kier alpha value is -4.23. The number of pyridine rings is 2. The Kier molecular flexibility index (Phi) is 9.18. The zero-order valence-electron chi connectivity index (χ0n) is 24.4. The lowest BCUT2D eigenvalue weighted by Crippen LogP contribution is -2.44. The second-order valence-electron chi connectivity index (χ2n) is 11.6. The zero-order chi connectivity index (χ0) is 29.6. The minimum atomic E-state index is -1.05.